The maximum atomic E-state index is 13.2. The van der Waals surface area contributed by atoms with Crippen molar-refractivity contribution in [2.24, 2.45) is 0 Å². The highest BCUT2D eigenvalue weighted by Gasteiger charge is 2.24. The van der Waals surface area contributed by atoms with Gasteiger partial charge in [-0.3, -0.25) is 9.59 Å². The lowest BCUT2D eigenvalue weighted by molar-refractivity contribution is -0.151. The summed E-state index contributed by atoms with van der Waals surface area (Å²) in [5.74, 6) is -0.582. The minimum absolute atomic E-state index is 0.0206. The van der Waals surface area contributed by atoms with E-state index in [0.29, 0.717) is 19.3 Å². The summed E-state index contributed by atoms with van der Waals surface area (Å²) in [6, 6.07) is -0.730. The van der Waals surface area contributed by atoms with Crippen molar-refractivity contribution < 1.29 is 24.5 Å². The molecule has 0 aliphatic rings. The fourth-order valence-corrected chi connectivity index (χ4v) is 6.87. The van der Waals surface area contributed by atoms with Gasteiger partial charge in [-0.1, -0.05) is 227 Å². The fourth-order valence-electron chi connectivity index (χ4n) is 6.87. The SMILES string of the molecule is CC\C=C/C=C/C=C/C=C\C=C\C=C\CCCCCC(=O)OC(CCC/C=C/C=C/CCCCCCCCC)CC(=O)NC(CO)C(O)CCCCCCCCCCCC. The van der Waals surface area contributed by atoms with Crippen molar-refractivity contribution in [2.75, 3.05) is 6.61 Å². The highest BCUT2D eigenvalue weighted by molar-refractivity contribution is 5.77. The summed E-state index contributed by atoms with van der Waals surface area (Å²) in [4.78, 5) is 26.1. The molecule has 3 N–H and O–H groups in total. The predicted octanol–water partition coefficient (Wildman–Crippen LogP) is 14.6. The summed E-state index contributed by atoms with van der Waals surface area (Å²) in [5.41, 5.74) is 0. The molecule has 342 valence electrons. The van der Waals surface area contributed by atoms with E-state index >= 15 is 0 Å². The van der Waals surface area contributed by atoms with E-state index in [1.54, 1.807) is 0 Å². The number of hydrogen-bond acceptors (Lipinski definition) is 5. The second-order valence-electron chi connectivity index (χ2n) is 16.3. The Morgan fingerprint density at radius 1 is 0.500 bits per heavy atom. The summed E-state index contributed by atoms with van der Waals surface area (Å²) in [6.45, 7) is 6.28. The Kier molecular flexibility index (Phi) is 44.3. The van der Waals surface area contributed by atoms with Gasteiger partial charge in [-0.25, -0.2) is 0 Å². The average Bonchev–Trinajstić information content (AvgIpc) is 3.24. The van der Waals surface area contributed by atoms with E-state index in [-0.39, 0.29) is 24.9 Å². The van der Waals surface area contributed by atoms with Gasteiger partial charge in [0.2, 0.25) is 5.91 Å². The van der Waals surface area contributed by atoms with Gasteiger partial charge in [0.25, 0.3) is 0 Å². The van der Waals surface area contributed by atoms with Crippen LogP contribution in [-0.4, -0.2) is 46.9 Å². The smallest absolute Gasteiger partial charge is 0.306 e. The molecule has 60 heavy (non-hydrogen) atoms. The van der Waals surface area contributed by atoms with E-state index < -0.39 is 18.2 Å². The monoisotopic (exact) mass is 834 g/mol. The molecule has 3 unspecified atom stereocenters. The number of carbonyl (C=O) groups excluding carboxylic acids is 2. The van der Waals surface area contributed by atoms with Crippen molar-refractivity contribution in [3.63, 3.8) is 0 Å². The van der Waals surface area contributed by atoms with Crippen molar-refractivity contribution in [1.82, 2.24) is 5.32 Å². The maximum Gasteiger partial charge on any atom is 0.306 e. The molecule has 0 bridgehead atoms. The Morgan fingerprint density at radius 2 is 0.917 bits per heavy atom. The number of carbonyl (C=O) groups is 2. The molecule has 0 fully saturated rings. The molecular weight excluding hydrogens is 743 g/mol. The Hall–Kier alpha value is -3.22. The molecule has 0 saturated carbocycles. The fraction of sp³-hybridized carbons (Fsp3) is 0.667. The number of hydrogen-bond donors (Lipinski definition) is 3. The van der Waals surface area contributed by atoms with Gasteiger partial charge in [-0.2, -0.15) is 0 Å². The number of esters is 1. The first-order chi connectivity index (χ1) is 29.5. The van der Waals surface area contributed by atoms with Crippen LogP contribution in [0, 0.1) is 0 Å². The van der Waals surface area contributed by atoms with Gasteiger partial charge >= 0.3 is 5.97 Å². The molecule has 0 spiro atoms. The highest BCUT2D eigenvalue weighted by Crippen LogP contribution is 2.16. The molecule has 0 heterocycles. The van der Waals surface area contributed by atoms with Crippen LogP contribution in [0.25, 0.3) is 0 Å². The van der Waals surface area contributed by atoms with E-state index in [0.717, 1.165) is 70.6 Å². The molecule has 6 nitrogen and oxygen atoms in total. The van der Waals surface area contributed by atoms with Crippen molar-refractivity contribution >= 4 is 11.9 Å². The molecule has 0 aromatic heterocycles. The van der Waals surface area contributed by atoms with Crippen LogP contribution in [-0.2, 0) is 14.3 Å². The number of rotatable bonds is 42. The molecule has 0 aromatic carbocycles. The second kappa shape index (κ2) is 46.8. The van der Waals surface area contributed by atoms with Crippen molar-refractivity contribution in [3.8, 4) is 0 Å². The first-order valence-electron chi connectivity index (χ1n) is 24.6. The Labute approximate surface area is 369 Å². The third-order valence-electron chi connectivity index (χ3n) is 10.6. The van der Waals surface area contributed by atoms with Crippen LogP contribution >= 0.6 is 0 Å². The number of allylic oxidation sites excluding steroid dienone is 16. The number of amides is 1. The largest absolute Gasteiger partial charge is 0.462 e. The molecule has 0 rings (SSSR count). The number of ether oxygens (including phenoxy) is 1. The lowest BCUT2D eigenvalue weighted by Crippen LogP contribution is -2.46. The van der Waals surface area contributed by atoms with Crippen LogP contribution in [0.3, 0.4) is 0 Å². The molecule has 0 aliphatic heterocycles. The number of nitrogens with one attached hydrogen (secondary N) is 1. The number of aliphatic hydroxyl groups excluding tert-OH is 2. The Bertz CT molecular complexity index is 1210. The summed E-state index contributed by atoms with van der Waals surface area (Å²) in [7, 11) is 0. The summed E-state index contributed by atoms with van der Waals surface area (Å²) < 4.78 is 5.87. The third kappa shape index (κ3) is 41.5. The van der Waals surface area contributed by atoms with Crippen LogP contribution < -0.4 is 5.32 Å². The zero-order chi connectivity index (χ0) is 43.8. The second-order valence-corrected chi connectivity index (χ2v) is 16.3. The summed E-state index contributed by atoms with van der Waals surface area (Å²) >= 11 is 0. The molecule has 3 atom stereocenters. The van der Waals surface area contributed by atoms with E-state index in [1.807, 2.05) is 54.7 Å². The zero-order valence-corrected chi connectivity index (χ0v) is 38.8. The number of aliphatic hydroxyl groups is 2. The van der Waals surface area contributed by atoms with Gasteiger partial charge < -0.3 is 20.3 Å². The van der Waals surface area contributed by atoms with Gasteiger partial charge in [0.1, 0.15) is 6.10 Å². The van der Waals surface area contributed by atoms with Gasteiger partial charge in [0.05, 0.1) is 25.2 Å². The van der Waals surface area contributed by atoms with Gasteiger partial charge in [0, 0.05) is 6.42 Å². The van der Waals surface area contributed by atoms with Gasteiger partial charge in [0.15, 0.2) is 0 Å². The predicted molar refractivity (Wildman–Crippen MR) is 259 cm³/mol. The lowest BCUT2D eigenvalue weighted by Gasteiger charge is -2.24. The zero-order valence-electron chi connectivity index (χ0n) is 38.8. The van der Waals surface area contributed by atoms with E-state index in [4.69, 9.17) is 4.74 Å². The lowest BCUT2D eigenvalue weighted by atomic mass is 10.0. The molecule has 0 radical (unpaired) electrons. The van der Waals surface area contributed by atoms with E-state index in [9.17, 15) is 19.8 Å². The number of unbranched alkanes of at least 4 members (excludes halogenated alkanes) is 20. The Balaban J connectivity index is 4.78. The van der Waals surface area contributed by atoms with Crippen LogP contribution in [0.1, 0.15) is 207 Å². The van der Waals surface area contributed by atoms with E-state index in [2.05, 4.69) is 68.6 Å². The first kappa shape index (κ1) is 56.8. The molecule has 1 amide bonds. The molecule has 0 aromatic rings. The minimum Gasteiger partial charge on any atom is -0.462 e. The minimum atomic E-state index is -0.811. The van der Waals surface area contributed by atoms with Crippen LogP contribution in [0.15, 0.2) is 97.2 Å². The molecule has 0 aliphatic carbocycles. The average molecular weight is 834 g/mol. The molecular formula is C54H91NO5. The van der Waals surface area contributed by atoms with Crippen LogP contribution in [0.5, 0.6) is 0 Å². The van der Waals surface area contributed by atoms with Crippen molar-refractivity contribution in [3.05, 3.63) is 97.2 Å². The standard InChI is InChI=1S/C54H91NO5/c1-4-7-10-13-16-19-22-24-26-27-28-30-32-35-38-41-44-47-54(59)60-50(45-42-39-36-33-31-29-25-23-20-17-14-11-8-5-2)48-53(58)55-51(49-56)52(57)46-43-40-37-34-21-18-15-12-9-6-3/h7,10,13,16,19,22,24,26-33,36,50-52,56-57H,4-6,8-9,11-12,14-15,17-18,20-21,23,25,34-35,37-49H2,1-3H3,(H,55,58)/b10-7-,16-13+,22-19+,26-24-,28-27+,31-29+,32-30+,36-33+. The maximum absolute atomic E-state index is 13.2. The molecule has 6 heteroatoms. The topological polar surface area (TPSA) is 95.9 Å². The van der Waals surface area contributed by atoms with E-state index in [1.165, 1.54) is 89.9 Å². The third-order valence-corrected chi connectivity index (χ3v) is 10.6. The normalized spacial score (nSPS) is 14.2. The van der Waals surface area contributed by atoms with Crippen molar-refractivity contribution in [2.45, 2.75) is 225 Å². The first-order valence-corrected chi connectivity index (χ1v) is 24.6. The van der Waals surface area contributed by atoms with Gasteiger partial charge in [-0.05, 0) is 64.2 Å². The van der Waals surface area contributed by atoms with Crippen LogP contribution in [0.2, 0.25) is 0 Å². The summed E-state index contributed by atoms with van der Waals surface area (Å²) in [5, 5.41) is 23.6. The highest BCUT2D eigenvalue weighted by atomic mass is 16.5. The quantitative estimate of drug-likeness (QED) is 0.0323. The molecule has 0 saturated heterocycles. The van der Waals surface area contributed by atoms with Crippen molar-refractivity contribution in [1.29, 1.82) is 0 Å². The van der Waals surface area contributed by atoms with Gasteiger partial charge in [-0.15, -0.1) is 0 Å². The van der Waals surface area contributed by atoms with Crippen LogP contribution in [0.4, 0.5) is 0 Å². The Morgan fingerprint density at radius 3 is 1.42 bits per heavy atom. The summed E-state index contributed by atoms with van der Waals surface area (Å²) in [6.07, 6.45) is 61.8.